The summed E-state index contributed by atoms with van der Waals surface area (Å²) in [4.78, 5) is 11.3. The molecule has 0 unspecified atom stereocenters. The van der Waals surface area contributed by atoms with Gasteiger partial charge in [0, 0.05) is 18.0 Å². The smallest absolute Gasteiger partial charge is 0.246 e. The highest BCUT2D eigenvalue weighted by Gasteiger charge is 1.99. The Labute approximate surface area is 143 Å². The first-order valence-electron chi connectivity index (χ1n) is 9.18. The summed E-state index contributed by atoms with van der Waals surface area (Å²) in [5, 5.41) is 2.88. The number of nitrogens with one attached hydrogen (secondary N) is 1. The molecular formula is C19H36ClNO. The van der Waals surface area contributed by atoms with Crippen molar-refractivity contribution in [3.05, 3.63) is 12.2 Å². The Morgan fingerprint density at radius 2 is 1.14 bits per heavy atom. The largest absolute Gasteiger partial charge is 0.352 e. The quantitative estimate of drug-likeness (QED) is 0.210. The van der Waals surface area contributed by atoms with E-state index in [0.717, 1.165) is 18.8 Å². The van der Waals surface area contributed by atoms with E-state index >= 15 is 0 Å². The van der Waals surface area contributed by atoms with Crippen LogP contribution in [0.15, 0.2) is 12.2 Å². The average molecular weight is 330 g/mol. The van der Waals surface area contributed by atoms with Gasteiger partial charge in [0.1, 0.15) is 0 Å². The van der Waals surface area contributed by atoms with Gasteiger partial charge in [0.25, 0.3) is 0 Å². The molecule has 0 rings (SSSR count). The Balaban J connectivity index is 3.05. The second-order valence-corrected chi connectivity index (χ2v) is 6.70. The lowest BCUT2D eigenvalue weighted by Gasteiger charge is -2.05. The van der Waals surface area contributed by atoms with Gasteiger partial charge < -0.3 is 5.32 Å². The second-order valence-electron chi connectivity index (χ2n) is 6.32. The molecule has 3 heteroatoms. The maximum atomic E-state index is 11.3. The molecule has 0 aliphatic rings. The number of hydrogen-bond donors (Lipinski definition) is 1. The molecule has 0 aliphatic heterocycles. The summed E-state index contributed by atoms with van der Waals surface area (Å²) in [5.74, 6) is 0.808. The summed E-state index contributed by atoms with van der Waals surface area (Å²) < 4.78 is 0. The highest BCUT2D eigenvalue weighted by atomic mass is 35.5. The van der Waals surface area contributed by atoms with Gasteiger partial charge in [-0.1, -0.05) is 77.2 Å². The number of carbonyl (C=O) groups excluding carboxylic acids is 1. The molecule has 0 bridgehead atoms. The van der Waals surface area contributed by atoms with Crippen LogP contribution in [0.4, 0.5) is 0 Å². The molecule has 0 aromatic rings. The van der Waals surface area contributed by atoms with E-state index in [1.165, 1.54) is 77.0 Å². The third-order valence-electron chi connectivity index (χ3n) is 3.98. The van der Waals surface area contributed by atoms with E-state index in [1.807, 2.05) is 0 Å². The molecule has 0 saturated heterocycles. The summed E-state index contributed by atoms with van der Waals surface area (Å²) in [5.41, 5.74) is 0.596. The standard InChI is InChI=1S/C19H36ClNO/c1-18(2)19(22)21-17-15-13-11-9-7-5-3-4-6-8-10-12-14-16-20/h1,3-17H2,2H3,(H,21,22). The van der Waals surface area contributed by atoms with E-state index in [9.17, 15) is 4.79 Å². The predicted molar refractivity (Wildman–Crippen MR) is 98.6 cm³/mol. The summed E-state index contributed by atoms with van der Waals surface area (Å²) in [6, 6.07) is 0. The van der Waals surface area contributed by atoms with Crippen LogP contribution in [0.5, 0.6) is 0 Å². The van der Waals surface area contributed by atoms with Gasteiger partial charge >= 0.3 is 0 Å². The summed E-state index contributed by atoms with van der Waals surface area (Å²) in [6.07, 6.45) is 17.1. The molecule has 0 atom stereocenters. The predicted octanol–water partition coefficient (Wildman–Crippen LogP) is 5.99. The molecule has 0 aromatic carbocycles. The van der Waals surface area contributed by atoms with Gasteiger partial charge in [-0.05, 0) is 19.8 Å². The molecule has 0 fully saturated rings. The van der Waals surface area contributed by atoms with Crippen molar-refractivity contribution in [2.75, 3.05) is 12.4 Å². The highest BCUT2D eigenvalue weighted by Crippen LogP contribution is 2.12. The lowest BCUT2D eigenvalue weighted by molar-refractivity contribution is -0.117. The number of hydrogen-bond acceptors (Lipinski definition) is 1. The third-order valence-corrected chi connectivity index (χ3v) is 4.25. The maximum absolute atomic E-state index is 11.3. The van der Waals surface area contributed by atoms with Crippen molar-refractivity contribution in [2.45, 2.75) is 90.4 Å². The van der Waals surface area contributed by atoms with E-state index < -0.39 is 0 Å². The topological polar surface area (TPSA) is 29.1 Å². The second kappa shape index (κ2) is 16.9. The minimum absolute atomic E-state index is 0.0114. The molecule has 0 spiro atoms. The van der Waals surface area contributed by atoms with Crippen molar-refractivity contribution >= 4 is 17.5 Å². The molecule has 1 amide bonds. The zero-order chi connectivity index (χ0) is 16.5. The van der Waals surface area contributed by atoms with Crippen molar-refractivity contribution < 1.29 is 4.79 Å². The highest BCUT2D eigenvalue weighted by molar-refractivity contribution is 6.17. The number of halogens is 1. The van der Waals surface area contributed by atoms with E-state index in [2.05, 4.69) is 11.9 Å². The summed E-state index contributed by atoms with van der Waals surface area (Å²) >= 11 is 5.66. The number of carbonyl (C=O) groups is 1. The van der Waals surface area contributed by atoms with Crippen LogP contribution in [0, 0.1) is 0 Å². The maximum Gasteiger partial charge on any atom is 0.246 e. The summed E-state index contributed by atoms with van der Waals surface area (Å²) in [7, 11) is 0. The van der Waals surface area contributed by atoms with Crippen LogP contribution in [0.1, 0.15) is 90.4 Å². The van der Waals surface area contributed by atoms with Crippen molar-refractivity contribution in [3.8, 4) is 0 Å². The number of unbranched alkanes of at least 4 members (excludes halogenated alkanes) is 12. The zero-order valence-corrected chi connectivity index (χ0v) is 15.4. The molecular weight excluding hydrogens is 294 g/mol. The van der Waals surface area contributed by atoms with Gasteiger partial charge in [-0.2, -0.15) is 0 Å². The zero-order valence-electron chi connectivity index (χ0n) is 14.6. The van der Waals surface area contributed by atoms with Crippen molar-refractivity contribution in [3.63, 3.8) is 0 Å². The van der Waals surface area contributed by atoms with Crippen LogP contribution in [0.2, 0.25) is 0 Å². The van der Waals surface area contributed by atoms with Crippen LogP contribution in [0.25, 0.3) is 0 Å². The monoisotopic (exact) mass is 329 g/mol. The molecule has 0 aliphatic carbocycles. The number of alkyl halides is 1. The third kappa shape index (κ3) is 15.9. The Bertz CT molecular complexity index is 279. The van der Waals surface area contributed by atoms with E-state index in [-0.39, 0.29) is 5.91 Å². The van der Waals surface area contributed by atoms with Crippen molar-refractivity contribution in [1.82, 2.24) is 5.32 Å². The lowest BCUT2D eigenvalue weighted by atomic mass is 10.0. The molecule has 0 saturated carbocycles. The minimum Gasteiger partial charge on any atom is -0.352 e. The van der Waals surface area contributed by atoms with Gasteiger partial charge in [0.05, 0.1) is 0 Å². The Morgan fingerprint density at radius 1 is 0.773 bits per heavy atom. The Hall–Kier alpha value is -0.500. The van der Waals surface area contributed by atoms with Crippen molar-refractivity contribution in [2.24, 2.45) is 0 Å². The van der Waals surface area contributed by atoms with Gasteiger partial charge in [-0.25, -0.2) is 0 Å². The normalized spacial score (nSPS) is 10.6. The Kier molecular flexibility index (Phi) is 16.5. The first-order chi connectivity index (χ1) is 10.7. The first kappa shape index (κ1) is 21.5. The number of rotatable bonds is 16. The lowest BCUT2D eigenvalue weighted by Crippen LogP contribution is -2.24. The van der Waals surface area contributed by atoms with Gasteiger partial charge in [-0.3, -0.25) is 4.79 Å². The molecule has 130 valence electrons. The minimum atomic E-state index is -0.0114. The fourth-order valence-corrected chi connectivity index (χ4v) is 2.71. The average Bonchev–Trinajstić information content (AvgIpc) is 2.50. The SMILES string of the molecule is C=C(C)C(=O)NCCCCCCCCCCCCCCCCl. The molecule has 2 nitrogen and oxygen atoms in total. The molecule has 22 heavy (non-hydrogen) atoms. The first-order valence-corrected chi connectivity index (χ1v) is 9.71. The van der Waals surface area contributed by atoms with Gasteiger partial charge in [0.15, 0.2) is 0 Å². The van der Waals surface area contributed by atoms with E-state index in [4.69, 9.17) is 11.6 Å². The molecule has 0 radical (unpaired) electrons. The fourth-order valence-electron chi connectivity index (χ4n) is 2.52. The molecule has 1 N–H and O–H groups in total. The molecule has 0 heterocycles. The van der Waals surface area contributed by atoms with Gasteiger partial charge in [0.2, 0.25) is 5.91 Å². The van der Waals surface area contributed by atoms with Crippen LogP contribution >= 0.6 is 11.6 Å². The van der Waals surface area contributed by atoms with Crippen molar-refractivity contribution in [1.29, 1.82) is 0 Å². The van der Waals surface area contributed by atoms with Crippen LogP contribution in [0.3, 0.4) is 0 Å². The number of amides is 1. The van der Waals surface area contributed by atoms with E-state index in [0.29, 0.717) is 5.57 Å². The van der Waals surface area contributed by atoms with Gasteiger partial charge in [-0.15, -0.1) is 11.6 Å². The van der Waals surface area contributed by atoms with E-state index in [1.54, 1.807) is 6.92 Å². The molecule has 0 aromatic heterocycles. The fraction of sp³-hybridized carbons (Fsp3) is 0.842. The summed E-state index contributed by atoms with van der Waals surface area (Å²) in [6.45, 7) is 6.16. The Morgan fingerprint density at radius 3 is 1.50 bits per heavy atom. The van der Waals surface area contributed by atoms with Crippen LogP contribution in [-0.4, -0.2) is 18.3 Å². The van der Waals surface area contributed by atoms with Crippen LogP contribution < -0.4 is 5.32 Å². The van der Waals surface area contributed by atoms with Crippen LogP contribution in [-0.2, 0) is 4.79 Å².